The lowest BCUT2D eigenvalue weighted by atomic mass is 9.92. The lowest BCUT2D eigenvalue weighted by Gasteiger charge is -2.33. The first-order valence-electron chi connectivity index (χ1n) is 22.3. The van der Waals surface area contributed by atoms with Crippen LogP contribution in [0.1, 0.15) is 0 Å². The largest absolute Gasteiger partial charge is 0.493 e. The average Bonchev–Trinajstić information content (AvgIpc) is 4.29. The van der Waals surface area contributed by atoms with Crippen LogP contribution in [0.5, 0.6) is 23.0 Å². The number of hydrogen-bond donors (Lipinski definition) is 0. The van der Waals surface area contributed by atoms with E-state index >= 15 is 0 Å². The van der Waals surface area contributed by atoms with Crippen molar-refractivity contribution in [3.63, 3.8) is 0 Å². The molecule has 0 amide bonds. The summed E-state index contributed by atoms with van der Waals surface area (Å²) in [5, 5.41) is 60.3. The van der Waals surface area contributed by atoms with Crippen molar-refractivity contribution in [3.8, 4) is 88.6 Å². The van der Waals surface area contributed by atoms with Crippen LogP contribution in [0.25, 0.3) is 65.6 Å². The summed E-state index contributed by atoms with van der Waals surface area (Å²) in [5.74, 6) is 4.58. The van der Waals surface area contributed by atoms with E-state index in [1.807, 2.05) is 167 Å². The maximum atomic E-state index is 6.64. The zero-order chi connectivity index (χ0) is 48.8. The standard InChI is InChI=1S/C49H36N16O4S4/c1-5-41(70-25-1)45-50-58-62(54-45)33-9-17-37(18-10-33)66-29-49(30-67-38-19-11-34(12-20-38)63-55-46(51-59-63)42-6-2-26-71-42,31-68-39-21-13-35(14-22-39)64-56-47(52-60-64)43-7-3-27-72-43)32-69-40-23-15-36(16-24-40)65-57-48(53-61-65)44-8-4-28-73-44/h1-28H,29-32H2. The van der Waals surface area contributed by atoms with E-state index in [1.165, 1.54) is 19.2 Å². The van der Waals surface area contributed by atoms with Crippen molar-refractivity contribution < 1.29 is 18.9 Å². The van der Waals surface area contributed by atoms with Crippen LogP contribution in [0.15, 0.2) is 167 Å². The van der Waals surface area contributed by atoms with E-state index < -0.39 is 5.41 Å². The molecule has 0 atom stereocenters. The quantitative estimate of drug-likeness (QED) is 0.0696. The molecule has 0 aliphatic heterocycles. The molecule has 0 saturated heterocycles. The van der Waals surface area contributed by atoms with Gasteiger partial charge in [-0.2, -0.15) is 0 Å². The van der Waals surface area contributed by atoms with Gasteiger partial charge in [0.2, 0.25) is 23.3 Å². The van der Waals surface area contributed by atoms with Crippen molar-refractivity contribution >= 4 is 45.3 Å². The molecule has 0 spiro atoms. The van der Waals surface area contributed by atoms with E-state index in [0.29, 0.717) is 46.3 Å². The number of nitrogens with zero attached hydrogens (tertiary/aromatic N) is 16. The summed E-state index contributed by atoms with van der Waals surface area (Å²) >= 11 is 6.20. The van der Waals surface area contributed by atoms with Crippen molar-refractivity contribution in [1.82, 2.24) is 80.8 Å². The van der Waals surface area contributed by atoms with Crippen LogP contribution in [0.3, 0.4) is 0 Å². The van der Waals surface area contributed by atoms with Gasteiger partial charge in [-0.05, 0) is 164 Å². The van der Waals surface area contributed by atoms with Gasteiger partial charge in [0, 0.05) is 0 Å². The molecular weight excluding hydrogens is 1000 g/mol. The minimum absolute atomic E-state index is 0.113. The number of ether oxygens (including phenoxy) is 4. The summed E-state index contributed by atoms with van der Waals surface area (Å²) in [6.45, 7) is 0.452. The molecule has 73 heavy (non-hydrogen) atoms. The summed E-state index contributed by atoms with van der Waals surface area (Å²) in [6.07, 6.45) is 0. The highest BCUT2D eigenvalue weighted by atomic mass is 32.1. The van der Waals surface area contributed by atoms with E-state index in [2.05, 4.69) is 61.6 Å². The Morgan fingerprint density at radius 3 is 0.753 bits per heavy atom. The Hall–Kier alpha value is -8.84. The molecule has 0 unspecified atom stereocenters. The maximum Gasteiger partial charge on any atom is 0.215 e. The van der Waals surface area contributed by atoms with Crippen LogP contribution in [-0.2, 0) is 0 Å². The Morgan fingerprint density at radius 2 is 0.548 bits per heavy atom. The Morgan fingerprint density at radius 1 is 0.315 bits per heavy atom. The van der Waals surface area contributed by atoms with Crippen LogP contribution in [0, 0.1) is 5.41 Å². The number of rotatable bonds is 20. The van der Waals surface area contributed by atoms with E-state index in [4.69, 9.17) is 18.9 Å². The molecule has 24 heteroatoms. The molecule has 0 radical (unpaired) electrons. The number of hydrogen-bond acceptors (Lipinski definition) is 20. The third-order valence-electron chi connectivity index (χ3n) is 11.1. The van der Waals surface area contributed by atoms with Crippen molar-refractivity contribution in [2.45, 2.75) is 0 Å². The van der Waals surface area contributed by atoms with Crippen LogP contribution < -0.4 is 18.9 Å². The smallest absolute Gasteiger partial charge is 0.215 e. The molecular formula is C49H36N16O4S4. The first kappa shape index (κ1) is 45.3. The first-order valence-corrected chi connectivity index (χ1v) is 25.9. The molecule has 0 aliphatic rings. The lowest BCUT2D eigenvalue weighted by Crippen LogP contribution is -2.45. The third kappa shape index (κ3) is 10.3. The number of tetrazole rings is 4. The molecule has 4 aromatic carbocycles. The van der Waals surface area contributed by atoms with Gasteiger partial charge < -0.3 is 18.9 Å². The normalized spacial score (nSPS) is 11.5. The second-order valence-electron chi connectivity index (χ2n) is 16.1. The van der Waals surface area contributed by atoms with Gasteiger partial charge >= 0.3 is 0 Å². The van der Waals surface area contributed by atoms with Gasteiger partial charge in [-0.25, -0.2) is 0 Å². The molecule has 0 N–H and O–H groups in total. The predicted molar refractivity (Wildman–Crippen MR) is 274 cm³/mol. The molecule has 8 heterocycles. The number of thiophene rings is 4. The molecule has 12 rings (SSSR count). The number of aromatic nitrogens is 16. The van der Waals surface area contributed by atoms with Gasteiger partial charge in [-0.3, -0.25) is 0 Å². The molecule has 20 nitrogen and oxygen atoms in total. The number of benzene rings is 4. The van der Waals surface area contributed by atoms with Crippen molar-refractivity contribution in [2.75, 3.05) is 26.4 Å². The van der Waals surface area contributed by atoms with Crippen LogP contribution in [-0.4, -0.2) is 107 Å². The third-order valence-corrected chi connectivity index (χ3v) is 14.5. The minimum Gasteiger partial charge on any atom is -0.493 e. The van der Waals surface area contributed by atoms with Gasteiger partial charge in [-0.15, -0.1) is 105 Å². The summed E-state index contributed by atoms with van der Waals surface area (Å²) in [5.41, 5.74) is 1.94. The van der Waals surface area contributed by atoms with Crippen molar-refractivity contribution in [3.05, 3.63) is 167 Å². The lowest BCUT2D eigenvalue weighted by molar-refractivity contribution is -0.00352. The Bertz CT molecular complexity index is 3150. The van der Waals surface area contributed by atoms with Gasteiger partial charge in [0.25, 0.3) is 0 Å². The molecule has 0 saturated carbocycles. The second kappa shape index (κ2) is 20.5. The summed E-state index contributed by atoms with van der Waals surface area (Å²) in [7, 11) is 0. The molecule has 0 bridgehead atoms. The van der Waals surface area contributed by atoms with E-state index in [9.17, 15) is 0 Å². The van der Waals surface area contributed by atoms with Crippen LogP contribution >= 0.6 is 45.3 Å². The fraction of sp³-hybridized carbons (Fsp3) is 0.102. The summed E-state index contributed by atoms with van der Waals surface area (Å²) < 4.78 is 26.6. The monoisotopic (exact) mass is 1040 g/mol. The molecule has 12 aromatic rings. The fourth-order valence-corrected chi connectivity index (χ4v) is 9.80. The summed E-state index contributed by atoms with van der Waals surface area (Å²) in [6, 6.07) is 45.5. The minimum atomic E-state index is -0.938. The van der Waals surface area contributed by atoms with Crippen LogP contribution in [0.2, 0.25) is 0 Å². The van der Waals surface area contributed by atoms with Crippen molar-refractivity contribution in [2.24, 2.45) is 5.41 Å². The van der Waals surface area contributed by atoms with Crippen LogP contribution in [0.4, 0.5) is 0 Å². The Kier molecular flexibility index (Phi) is 12.7. The van der Waals surface area contributed by atoms with Gasteiger partial charge in [0.15, 0.2) is 0 Å². The van der Waals surface area contributed by atoms with E-state index in [-0.39, 0.29) is 26.4 Å². The van der Waals surface area contributed by atoms with Gasteiger partial charge in [0.1, 0.15) is 54.8 Å². The molecule has 0 fully saturated rings. The molecule has 360 valence electrons. The topological polar surface area (TPSA) is 211 Å². The first-order chi connectivity index (χ1) is 36.0. The zero-order valence-corrected chi connectivity index (χ0v) is 41.2. The SMILES string of the molecule is c1csc(-c2nnn(-c3ccc(OCC(COc4ccc(-n5nnc(-c6cccs6)n5)cc4)(COc4ccc(-n5nnc(-c6cccs6)n5)cc4)COc4ccc(-n5nnc(-c6cccs6)n5)cc4)cc3)n2)c1. The predicted octanol–water partition coefficient (Wildman–Crippen LogP) is 9.11. The molecule has 0 aliphatic carbocycles. The highest BCUT2D eigenvalue weighted by molar-refractivity contribution is 7.14. The average molecular weight is 1040 g/mol. The zero-order valence-electron chi connectivity index (χ0n) is 37.9. The maximum absolute atomic E-state index is 6.64. The van der Waals surface area contributed by atoms with Crippen molar-refractivity contribution in [1.29, 1.82) is 0 Å². The summed E-state index contributed by atoms with van der Waals surface area (Å²) in [4.78, 5) is 9.68. The van der Waals surface area contributed by atoms with E-state index in [0.717, 1.165) is 42.3 Å². The van der Waals surface area contributed by atoms with E-state index in [1.54, 1.807) is 45.3 Å². The highest BCUT2D eigenvalue weighted by Gasteiger charge is 2.36. The Balaban J connectivity index is 0.817. The Labute approximate surface area is 430 Å². The van der Waals surface area contributed by atoms with Gasteiger partial charge in [0.05, 0.1) is 42.3 Å². The second-order valence-corrected chi connectivity index (χ2v) is 19.9. The fourth-order valence-electron chi connectivity index (χ4n) is 7.21. The molecule has 8 aromatic heterocycles. The van der Waals surface area contributed by atoms with Gasteiger partial charge in [-0.1, -0.05) is 24.3 Å². The highest BCUT2D eigenvalue weighted by Crippen LogP contribution is 2.30.